The average Bonchev–Trinajstić information content (AvgIpc) is 3.21. The number of hydrogen-bond donors (Lipinski definition) is 1. The van der Waals surface area contributed by atoms with Gasteiger partial charge in [0.1, 0.15) is 5.75 Å². The van der Waals surface area contributed by atoms with Gasteiger partial charge in [0.25, 0.3) is 0 Å². The maximum atomic E-state index is 5.51. The summed E-state index contributed by atoms with van der Waals surface area (Å²) in [4.78, 5) is 6.84. The molecule has 1 saturated heterocycles. The lowest BCUT2D eigenvalue weighted by Gasteiger charge is -2.30. The minimum absolute atomic E-state index is 0.420. The Balaban J connectivity index is 1.55. The molecule has 122 valence electrons. The third-order valence-corrected chi connectivity index (χ3v) is 5.03. The van der Waals surface area contributed by atoms with E-state index in [2.05, 4.69) is 21.3 Å². The highest BCUT2D eigenvalue weighted by molar-refractivity contribution is 5.23. The highest BCUT2D eigenvalue weighted by Gasteiger charge is 2.35. The van der Waals surface area contributed by atoms with E-state index in [1.165, 1.54) is 37.8 Å². The van der Waals surface area contributed by atoms with Crippen molar-refractivity contribution in [1.29, 1.82) is 0 Å². The fourth-order valence-electron chi connectivity index (χ4n) is 3.78. The predicted molar refractivity (Wildman–Crippen MR) is 86.0 cm³/mol. The van der Waals surface area contributed by atoms with Crippen molar-refractivity contribution in [2.24, 2.45) is 0 Å². The summed E-state index contributed by atoms with van der Waals surface area (Å²) in [6.45, 7) is 3.11. The topological polar surface area (TPSA) is 46.6 Å². The molecule has 0 aromatic carbocycles. The molecule has 0 radical (unpaired) electrons. The molecular weight excluding hydrogens is 278 g/mol. The van der Waals surface area contributed by atoms with E-state index in [1.54, 1.807) is 13.3 Å². The zero-order valence-corrected chi connectivity index (χ0v) is 13.6. The summed E-state index contributed by atoms with van der Waals surface area (Å²) < 4.78 is 10.7. The number of hydrogen-bond acceptors (Lipinski definition) is 5. The molecule has 1 aromatic heterocycles. The molecule has 1 saturated carbocycles. The molecule has 22 heavy (non-hydrogen) atoms. The van der Waals surface area contributed by atoms with Crippen LogP contribution in [0.3, 0.4) is 0 Å². The second kappa shape index (κ2) is 7.40. The van der Waals surface area contributed by atoms with Crippen molar-refractivity contribution in [2.75, 3.05) is 27.3 Å². The van der Waals surface area contributed by atoms with Crippen LogP contribution in [0.25, 0.3) is 0 Å². The Kier molecular flexibility index (Phi) is 5.28. The van der Waals surface area contributed by atoms with Gasteiger partial charge in [0.15, 0.2) is 0 Å². The monoisotopic (exact) mass is 305 g/mol. The van der Waals surface area contributed by atoms with Crippen LogP contribution in [0.2, 0.25) is 0 Å². The van der Waals surface area contributed by atoms with E-state index in [1.807, 2.05) is 13.3 Å². The molecular formula is C17H27N3O2. The van der Waals surface area contributed by atoms with E-state index in [0.717, 1.165) is 18.8 Å². The second-order valence-corrected chi connectivity index (χ2v) is 6.36. The van der Waals surface area contributed by atoms with Gasteiger partial charge in [-0.25, -0.2) is 0 Å². The lowest BCUT2D eigenvalue weighted by Crippen LogP contribution is -2.46. The number of nitrogens with zero attached hydrogens (tertiary/aromatic N) is 2. The standard InChI is InChI=1S/C17H27N3O2/c1-21-14-6-7-20(12-14)17-5-3-4-16(17)19-10-13-8-15(22-2)11-18-9-13/h8-9,11,14,16-17,19H,3-7,10,12H2,1-2H3/t14?,16-,17+/m1/s1. The number of nitrogens with one attached hydrogen (secondary N) is 1. The van der Waals surface area contributed by atoms with Crippen LogP contribution in [0.1, 0.15) is 31.2 Å². The van der Waals surface area contributed by atoms with E-state index < -0.39 is 0 Å². The van der Waals surface area contributed by atoms with E-state index >= 15 is 0 Å². The maximum absolute atomic E-state index is 5.51. The van der Waals surface area contributed by atoms with Crippen LogP contribution in [-0.2, 0) is 11.3 Å². The van der Waals surface area contributed by atoms with Crippen LogP contribution in [0, 0.1) is 0 Å². The Hall–Kier alpha value is -1.17. The van der Waals surface area contributed by atoms with Crippen LogP contribution in [0.15, 0.2) is 18.5 Å². The molecule has 2 heterocycles. The molecule has 3 atom stereocenters. The minimum atomic E-state index is 0.420. The molecule has 5 nitrogen and oxygen atoms in total. The zero-order valence-electron chi connectivity index (χ0n) is 13.6. The van der Waals surface area contributed by atoms with Crippen molar-refractivity contribution in [1.82, 2.24) is 15.2 Å². The van der Waals surface area contributed by atoms with Crippen molar-refractivity contribution in [3.8, 4) is 5.75 Å². The summed E-state index contributed by atoms with van der Waals surface area (Å²) in [6, 6.07) is 3.28. The van der Waals surface area contributed by atoms with Crippen molar-refractivity contribution in [3.63, 3.8) is 0 Å². The quantitative estimate of drug-likeness (QED) is 0.869. The molecule has 1 aromatic rings. The van der Waals surface area contributed by atoms with Gasteiger partial charge in [-0.3, -0.25) is 9.88 Å². The van der Waals surface area contributed by atoms with E-state index in [-0.39, 0.29) is 0 Å². The normalized spacial score (nSPS) is 29.1. The Morgan fingerprint density at radius 3 is 2.95 bits per heavy atom. The molecule has 1 unspecified atom stereocenters. The predicted octanol–water partition coefficient (Wildman–Crippen LogP) is 1.82. The molecule has 5 heteroatoms. The third-order valence-electron chi connectivity index (χ3n) is 5.03. The Labute approximate surface area is 133 Å². The number of rotatable bonds is 6. The molecule has 1 aliphatic heterocycles. The smallest absolute Gasteiger partial charge is 0.137 e. The molecule has 1 N–H and O–H groups in total. The first-order valence-electron chi connectivity index (χ1n) is 8.28. The average molecular weight is 305 g/mol. The molecule has 0 spiro atoms. The minimum Gasteiger partial charge on any atom is -0.495 e. The third kappa shape index (κ3) is 3.59. The van der Waals surface area contributed by atoms with Crippen LogP contribution in [0.5, 0.6) is 5.75 Å². The lowest BCUT2D eigenvalue weighted by atomic mass is 10.1. The van der Waals surface area contributed by atoms with Gasteiger partial charge in [-0.2, -0.15) is 0 Å². The van der Waals surface area contributed by atoms with Gasteiger partial charge in [0.2, 0.25) is 0 Å². The van der Waals surface area contributed by atoms with Crippen molar-refractivity contribution < 1.29 is 9.47 Å². The van der Waals surface area contributed by atoms with E-state index in [4.69, 9.17) is 9.47 Å². The SMILES string of the molecule is COc1cncc(CN[C@@H]2CCC[C@@H]2N2CCC(OC)C2)c1. The van der Waals surface area contributed by atoms with E-state index in [0.29, 0.717) is 18.2 Å². The fourth-order valence-corrected chi connectivity index (χ4v) is 3.78. The van der Waals surface area contributed by atoms with E-state index in [9.17, 15) is 0 Å². The van der Waals surface area contributed by atoms with Crippen LogP contribution >= 0.6 is 0 Å². The summed E-state index contributed by atoms with van der Waals surface area (Å²) in [6.07, 6.45) is 9.11. The molecule has 3 rings (SSSR count). The zero-order chi connectivity index (χ0) is 15.4. The highest BCUT2D eigenvalue weighted by Crippen LogP contribution is 2.28. The maximum Gasteiger partial charge on any atom is 0.137 e. The van der Waals surface area contributed by atoms with Gasteiger partial charge >= 0.3 is 0 Å². The number of likely N-dealkylation sites (tertiary alicyclic amines) is 1. The first kappa shape index (κ1) is 15.7. The molecule has 2 aliphatic rings. The van der Waals surface area contributed by atoms with Crippen LogP contribution in [-0.4, -0.2) is 55.4 Å². The Morgan fingerprint density at radius 2 is 2.18 bits per heavy atom. The van der Waals surface area contributed by atoms with Gasteiger partial charge in [0.05, 0.1) is 19.4 Å². The van der Waals surface area contributed by atoms with Crippen molar-refractivity contribution in [2.45, 2.75) is 50.4 Å². The van der Waals surface area contributed by atoms with Gasteiger partial charge < -0.3 is 14.8 Å². The first-order chi connectivity index (χ1) is 10.8. The molecule has 0 amide bonds. The summed E-state index contributed by atoms with van der Waals surface area (Å²) in [5.41, 5.74) is 1.18. The summed E-state index contributed by atoms with van der Waals surface area (Å²) >= 11 is 0. The van der Waals surface area contributed by atoms with Gasteiger partial charge in [-0.05, 0) is 30.9 Å². The number of pyridine rings is 1. The Bertz CT molecular complexity index is 483. The summed E-state index contributed by atoms with van der Waals surface area (Å²) in [5, 5.41) is 3.73. The number of aromatic nitrogens is 1. The second-order valence-electron chi connectivity index (χ2n) is 6.36. The summed E-state index contributed by atoms with van der Waals surface area (Å²) in [7, 11) is 3.51. The largest absolute Gasteiger partial charge is 0.495 e. The molecule has 1 aliphatic carbocycles. The molecule has 0 bridgehead atoms. The van der Waals surface area contributed by atoms with Crippen LogP contribution in [0.4, 0.5) is 0 Å². The lowest BCUT2D eigenvalue weighted by molar-refractivity contribution is 0.0979. The highest BCUT2D eigenvalue weighted by atomic mass is 16.5. The number of ether oxygens (including phenoxy) is 2. The molecule has 2 fully saturated rings. The fraction of sp³-hybridized carbons (Fsp3) is 0.706. The summed E-state index contributed by atoms with van der Waals surface area (Å²) in [5.74, 6) is 0.824. The van der Waals surface area contributed by atoms with Crippen LogP contribution < -0.4 is 10.1 Å². The van der Waals surface area contributed by atoms with Crippen molar-refractivity contribution >= 4 is 0 Å². The number of methoxy groups -OCH3 is 2. The van der Waals surface area contributed by atoms with Gasteiger partial charge in [-0.15, -0.1) is 0 Å². The Morgan fingerprint density at radius 1 is 1.27 bits per heavy atom. The van der Waals surface area contributed by atoms with Gasteiger partial charge in [-0.1, -0.05) is 6.42 Å². The first-order valence-corrected chi connectivity index (χ1v) is 8.28. The van der Waals surface area contributed by atoms with Gasteiger partial charge in [0, 0.05) is 45.0 Å². The van der Waals surface area contributed by atoms with Crippen molar-refractivity contribution in [3.05, 3.63) is 24.0 Å².